The lowest BCUT2D eigenvalue weighted by atomic mass is 10.2. The number of carbonyl (C=O) groups excluding carboxylic acids is 1. The van der Waals surface area contributed by atoms with Crippen molar-refractivity contribution in [2.45, 2.75) is 33.4 Å². The molecule has 0 radical (unpaired) electrons. The fraction of sp³-hybridized carbons (Fsp3) is 0.200. The molecule has 2 aromatic carbocycles. The second-order valence-corrected chi connectivity index (χ2v) is 8.48. The van der Waals surface area contributed by atoms with Gasteiger partial charge in [-0.3, -0.25) is 4.79 Å². The Labute approximate surface area is 186 Å². The van der Waals surface area contributed by atoms with Gasteiger partial charge in [-0.05, 0) is 56.5 Å². The molecule has 0 saturated heterocycles. The third kappa shape index (κ3) is 4.54. The first kappa shape index (κ1) is 20.9. The number of nitrogens with zero attached hydrogens (tertiary/aromatic N) is 3. The molecule has 0 saturated carbocycles. The molecule has 31 heavy (non-hydrogen) atoms. The Morgan fingerprint density at radius 3 is 2.32 bits per heavy atom. The number of hydrogen-bond donors (Lipinski definition) is 0. The van der Waals surface area contributed by atoms with E-state index in [2.05, 4.69) is 0 Å². The van der Waals surface area contributed by atoms with E-state index in [9.17, 15) is 4.79 Å². The van der Waals surface area contributed by atoms with Crippen molar-refractivity contribution >= 4 is 17.2 Å². The van der Waals surface area contributed by atoms with Gasteiger partial charge in [0.25, 0.3) is 5.91 Å². The third-order valence-electron chi connectivity index (χ3n) is 5.04. The molecule has 158 valence electrons. The first-order valence-corrected chi connectivity index (χ1v) is 11.1. The van der Waals surface area contributed by atoms with Gasteiger partial charge in [-0.2, -0.15) is 5.10 Å². The summed E-state index contributed by atoms with van der Waals surface area (Å²) < 4.78 is 8.14. The van der Waals surface area contributed by atoms with Crippen molar-refractivity contribution in [3.63, 3.8) is 0 Å². The van der Waals surface area contributed by atoms with Gasteiger partial charge < -0.3 is 9.64 Å². The molecule has 0 atom stereocenters. The second-order valence-electron chi connectivity index (χ2n) is 7.54. The number of ether oxygens (including phenoxy) is 1. The molecular formula is C25H25N3O2S. The van der Waals surface area contributed by atoms with Gasteiger partial charge in [0.1, 0.15) is 5.75 Å². The van der Waals surface area contributed by atoms with E-state index in [1.165, 1.54) is 11.3 Å². The van der Waals surface area contributed by atoms with E-state index in [0.29, 0.717) is 12.4 Å². The lowest BCUT2D eigenvalue weighted by Gasteiger charge is -2.26. The predicted octanol–water partition coefficient (Wildman–Crippen LogP) is 6.09. The van der Waals surface area contributed by atoms with Crippen molar-refractivity contribution < 1.29 is 9.53 Å². The highest BCUT2D eigenvalue weighted by Crippen LogP contribution is 2.32. The number of amides is 1. The van der Waals surface area contributed by atoms with Crippen LogP contribution in [0.15, 0.2) is 78.2 Å². The van der Waals surface area contributed by atoms with Gasteiger partial charge in [0.05, 0.1) is 28.4 Å². The molecule has 1 amide bonds. The molecule has 0 fully saturated rings. The summed E-state index contributed by atoms with van der Waals surface area (Å²) >= 11 is 1.46. The van der Waals surface area contributed by atoms with Crippen LogP contribution in [0, 0.1) is 6.92 Å². The van der Waals surface area contributed by atoms with Crippen molar-refractivity contribution in [1.82, 2.24) is 14.7 Å². The average molecular weight is 432 g/mol. The number of aryl methyl sites for hydroxylation is 1. The monoisotopic (exact) mass is 431 g/mol. The summed E-state index contributed by atoms with van der Waals surface area (Å²) in [4.78, 5) is 15.8. The number of thiophene rings is 1. The van der Waals surface area contributed by atoms with Gasteiger partial charge in [-0.1, -0.05) is 42.5 Å². The molecule has 0 N–H and O–H groups in total. The van der Waals surface area contributed by atoms with E-state index < -0.39 is 0 Å². The van der Waals surface area contributed by atoms with Crippen LogP contribution in [0.25, 0.3) is 5.69 Å². The molecule has 6 heteroatoms. The maximum absolute atomic E-state index is 13.2. The first-order valence-electron chi connectivity index (χ1n) is 10.3. The maximum atomic E-state index is 13.2. The van der Waals surface area contributed by atoms with Crippen LogP contribution in [0.1, 0.15) is 34.8 Å². The second kappa shape index (κ2) is 9.18. The van der Waals surface area contributed by atoms with E-state index in [1.54, 1.807) is 0 Å². The molecule has 0 aliphatic rings. The summed E-state index contributed by atoms with van der Waals surface area (Å²) in [7, 11) is 0. The van der Waals surface area contributed by atoms with E-state index in [4.69, 9.17) is 9.84 Å². The van der Waals surface area contributed by atoms with Crippen molar-refractivity contribution in [1.29, 1.82) is 0 Å². The minimum atomic E-state index is 0.0162. The van der Waals surface area contributed by atoms with Gasteiger partial charge in [-0.25, -0.2) is 4.68 Å². The SMILES string of the molecule is Cc1nn(-c2ccccc2)c(Oc2ccccc2)c1CN(C(=O)c1cccs1)C(C)C. The van der Waals surface area contributed by atoms with Crippen LogP contribution in [0.5, 0.6) is 11.6 Å². The van der Waals surface area contributed by atoms with Crippen LogP contribution >= 0.6 is 11.3 Å². The fourth-order valence-electron chi connectivity index (χ4n) is 3.37. The Hall–Kier alpha value is -3.38. The highest BCUT2D eigenvalue weighted by molar-refractivity contribution is 7.12. The zero-order chi connectivity index (χ0) is 21.8. The molecule has 2 aromatic heterocycles. The van der Waals surface area contributed by atoms with Crippen LogP contribution in [-0.2, 0) is 6.54 Å². The third-order valence-corrected chi connectivity index (χ3v) is 5.90. The van der Waals surface area contributed by atoms with Crippen LogP contribution < -0.4 is 4.74 Å². The zero-order valence-corrected chi connectivity index (χ0v) is 18.7. The van der Waals surface area contributed by atoms with E-state index in [-0.39, 0.29) is 11.9 Å². The predicted molar refractivity (Wildman–Crippen MR) is 124 cm³/mol. The highest BCUT2D eigenvalue weighted by atomic mass is 32.1. The number of para-hydroxylation sites is 2. The van der Waals surface area contributed by atoms with Gasteiger partial charge in [0, 0.05) is 6.04 Å². The fourth-order valence-corrected chi connectivity index (χ4v) is 4.05. The Kier molecular flexibility index (Phi) is 6.18. The van der Waals surface area contributed by atoms with Gasteiger partial charge in [0.15, 0.2) is 0 Å². The largest absolute Gasteiger partial charge is 0.439 e. The minimum Gasteiger partial charge on any atom is -0.439 e. The molecule has 0 unspecified atom stereocenters. The Bertz CT molecular complexity index is 1140. The normalized spacial score (nSPS) is 11.0. The lowest BCUT2D eigenvalue weighted by molar-refractivity contribution is 0.0694. The number of carbonyl (C=O) groups is 1. The zero-order valence-electron chi connectivity index (χ0n) is 17.9. The highest BCUT2D eigenvalue weighted by Gasteiger charge is 2.26. The molecular weight excluding hydrogens is 406 g/mol. The van der Waals surface area contributed by atoms with Crippen LogP contribution in [0.3, 0.4) is 0 Å². The van der Waals surface area contributed by atoms with Crippen molar-refractivity contribution in [3.05, 3.63) is 94.3 Å². The van der Waals surface area contributed by atoms with E-state index >= 15 is 0 Å². The summed E-state index contributed by atoms with van der Waals surface area (Å²) in [5, 5.41) is 6.69. The molecule has 4 aromatic rings. The minimum absolute atomic E-state index is 0.0162. The number of hydrogen-bond acceptors (Lipinski definition) is 4. The van der Waals surface area contributed by atoms with Crippen LogP contribution in [0.2, 0.25) is 0 Å². The summed E-state index contributed by atoms with van der Waals surface area (Å²) in [5.41, 5.74) is 2.63. The van der Waals surface area contributed by atoms with Gasteiger partial charge in [-0.15, -0.1) is 11.3 Å². The molecule has 4 rings (SSSR count). The molecule has 0 aliphatic heterocycles. The molecule has 0 aliphatic carbocycles. The van der Waals surface area contributed by atoms with Crippen molar-refractivity contribution in [3.8, 4) is 17.3 Å². The molecule has 2 heterocycles. The Balaban J connectivity index is 1.77. The number of aromatic nitrogens is 2. The topological polar surface area (TPSA) is 47.4 Å². The van der Waals surface area contributed by atoms with Crippen LogP contribution in [-0.4, -0.2) is 26.6 Å². The summed E-state index contributed by atoms with van der Waals surface area (Å²) in [6.07, 6.45) is 0. The standard InChI is InChI=1S/C25H25N3O2S/c1-18(2)27(24(29)23-15-10-16-31-23)17-22-19(3)26-28(20-11-6-4-7-12-20)25(22)30-21-13-8-5-9-14-21/h4-16,18H,17H2,1-3H3. The smallest absolute Gasteiger partial charge is 0.264 e. The molecule has 5 nitrogen and oxygen atoms in total. The average Bonchev–Trinajstić information content (AvgIpc) is 3.42. The summed E-state index contributed by atoms with van der Waals surface area (Å²) in [6, 6.07) is 23.3. The number of benzene rings is 2. The maximum Gasteiger partial charge on any atom is 0.264 e. The van der Waals surface area contributed by atoms with Crippen molar-refractivity contribution in [2.24, 2.45) is 0 Å². The molecule has 0 spiro atoms. The van der Waals surface area contributed by atoms with E-state index in [0.717, 1.165) is 27.6 Å². The van der Waals surface area contributed by atoms with Gasteiger partial charge in [0.2, 0.25) is 5.88 Å². The first-order chi connectivity index (χ1) is 15.0. The summed E-state index contributed by atoms with van der Waals surface area (Å²) in [6.45, 7) is 6.43. The van der Waals surface area contributed by atoms with E-state index in [1.807, 2.05) is 109 Å². The molecule has 0 bridgehead atoms. The lowest BCUT2D eigenvalue weighted by Crippen LogP contribution is -2.36. The Morgan fingerprint density at radius 1 is 1.03 bits per heavy atom. The van der Waals surface area contributed by atoms with Crippen LogP contribution in [0.4, 0.5) is 0 Å². The van der Waals surface area contributed by atoms with Crippen molar-refractivity contribution in [2.75, 3.05) is 0 Å². The van der Waals surface area contributed by atoms with Gasteiger partial charge >= 0.3 is 0 Å². The number of rotatable bonds is 7. The summed E-state index contributed by atoms with van der Waals surface area (Å²) in [5.74, 6) is 1.36. The Morgan fingerprint density at radius 2 is 1.71 bits per heavy atom. The quantitative estimate of drug-likeness (QED) is 0.356.